The van der Waals surface area contributed by atoms with Crippen molar-refractivity contribution in [3.63, 3.8) is 0 Å². The van der Waals surface area contributed by atoms with Crippen LogP contribution in [0.5, 0.6) is 5.88 Å². The molecule has 9 nitrogen and oxygen atoms in total. The molecule has 2 aromatic heterocycles. The quantitative estimate of drug-likeness (QED) is 0.777. The van der Waals surface area contributed by atoms with E-state index in [1.165, 1.54) is 22.9 Å². The zero-order valence-electron chi connectivity index (χ0n) is 13.2. The Morgan fingerprint density at radius 1 is 1.38 bits per heavy atom. The Hall–Kier alpha value is -2.51. The number of rotatable bonds is 4. The van der Waals surface area contributed by atoms with E-state index in [9.17, 15) is 8.42 Å². The van der Waals surface area contributed by atoms with E-state index in [0.717, 1.165) is 0 Å². The minimum Gasteiger partial charge on any atom is -0.471 e. The molecular weight excluding hydrogens is 332 g/mol. The fourth-order valence-electron chi connectivity index (χ4n) is 2.44. The van der Waals surface area contributed by atoms with Crippen molar-refractivity contribution in [2.24, 2.45) is 7.05 Å². The van der Waals surface area contributed by atoms with E-state index < -0.39 is 10.0 Å². The molecule has 1 fully saturated rings. The van der Waals surface area contributed by atoms with Crippen LogP contribution >= 0.6 is 0 Å². The van der Waals surface area contributed by atoms with E-state index in [1.54, 1.807) is 18.5 Å². The number of imidazole rings is 1. The monoisotopic (exact) mass is 348 g/mol. The van der Waals surface area contributed by atoms with Gasteiger partial charge in [-0.15, -0.1) is 0 Å². The van der Waals surface area contributed by atoms with E-state index in [4.69, 9.17) is 10.00 Å². The number of aromatic nitrogens is 4. The highest BCUT2D eigenvalue weighted by Gasteiger charge is 2.35. The highest BCUT2D eigenvalue weighted by atomic mass is 32.2. The number of hydrogen-bond donors (Lipinski definition) is 0. The molecule has 0 aromatic carbocycles. The summed E-state index contributed by atoms with van der Waals surface area (Å²) in [6, 6.07) is 1.90. The van der Waals surface area contributed by atoms with Crippen molar-refractivity contribution in [1.29, 1.82) is 5.26 Å². The summed E-state index contributed by atoms with van der Waals surface area (Å²) < 4.78 is 33.9. The second kappa shape index (κ2) is 6.18. The lowest BCUT2D eigenvalue weighted by atomic mass is 10.3. The third kappa shape index (κ3) is 2.95. The summed E-state index contributed by atoms with van der Waals surface area (Å²) in [5.74, 6) is 0.747. The Balaban J connectivity index is 1.74. The predicted molar refractivity (Wildman–Crippen MR) is 82.5 cm³/mol. The Kier molecular flexibility index (Phi) is 4.21. The first-order valence-electron chi connectivity index (χ1n) is 7.29. The zero-order chi connectivity index (χ0) is 17.3. The van der Waals surface area contributed by atoms with Gasteiger partial charge in [0, 0.05) is 32.2 Å². The van der Waals surface area contributed by atoms with Crippen molar-refractivity contribution < 1.29 is 13.2 Å². The molecule has 0 saturated carbocycles. The van der Waals surface area contributed by atoms with Gasteiger partial charge in [-0.1, -0.05) is 0 Å². The summed E-state index contributed by atoms with van der Waals surface area (Å²) in [4.78, 5) is 11.9. The number of ether oxygens (including phenoxy) is 1. The smallest absolute Gasteiger partial charge is 0.262 e. The van der Waals surface area contributed by atoms with Crippen LogP contribution in [0.4, 0.5) is 0 Å². The Bertz CT molecular complexity index is 882. The molecule has 0 aliphatic carbocycles. The largest absolute Gasteiger partial charge is 0.471 e. The Labute approximate surface area is 139 Å². The van der Waals surface area contributed by atoms with E-state index in [-0.39, 0.29) is 29.2 Å². The summed E-state index contributed by atoms with van der Waals surface area (Å²) in [6.45, 7) is 2.25. The van der Waals surface area contributed by atoms with Gasteiger partial charge in [-0.2, -0.15) is 9.57 Å². The minimum atomic E-state index is -3.66. The molecule has 2 aromatic rings. The maximum Gasteiger partial charge on any atom is 0.262 e. The summed E-state index contributed by atoms with van der Waals surface area (Å²) in [6.07, 6.45) is 4.45. The zero-order valence-corrected chi connectivity index (χ0v) is 14.1. The predicted octanol–water partition coefficient (Wildman–Crippen LogP) is 0.232. The summed E-state index contributed by atoms with van der Waals surface area (Å²) in [7, 11) is -1.92. The van der Waals surface area contributed by atoms with Gasteiger partial charge in [0.05, 0.1) is 6.54 Å². The average molecular weight is 348 g/mol. The highest BCUT2D eigenvalue weighted by Crippen LogP contribution is 2.23. The van der Waals surface area contributed by atoms with Crippen LogP contribution in [0.25, 0.3) is 0 Å². The number of aryl methyl sites for hydroxylation is 2. The first-order valence-corrected chi connectivity index (χ1v) is 8.73. The summed E-state index contributed by atoms with van der Waals surface area (Å²) >= 11 is 0. The lowest BCUT2D eigenvalue weighted by Gasteiger charge is -2.15. The van der Waals surface area contributed by atoms with Gasteiger partial charge >= 0.3 is 0 Å². The number of nitrogens with zero attached hydrogens (tertiary/aromatic N) is 6. The van der Waals surface area contributed by atoms with Gasteiger partial charge in [-0.25, -0.2) is 23.4 Å². The van der Waals surface area contributed by atoms with Crippen LogP contribution in [-0.2, 0) is 17.1 Å². The number of sulfonamides is 1. The van der Waals surface area contributed by atoms with Crippen LogP contribution in [0.2, 0.25) is 0 Å². The van der Waals surface area contributed by atoms with Crippen LogP contribution < -0.4 is 4.74 Å². The molecule has 0 amide bonds. The molecule has 24 heavy (non-hydrogen) atoms. The second-order valence-corrected chi connectivity index (χ2v) is 7.34. The van der Waals surface area contributed by atoms with Gasteiger partial charge in [0.15, 0.2) is 5.03 Å². The van der Waals surface area contributed by atoms with Crippen LogP contribution in [0.3, 0.4) is 0 Å². The van der Waals surface area contributed by atoms with Crippen molar-refractivity contribution in [3.8, 4) is 11.9 Å². The van der Waals surface area contributed by atoms with Crippen LogP contribution in [0.15, 0.2) is 23.6 Å². The molecule has 3 heterocycles. The van der Waals surface area contributed by atoms with E-state index in [2.05, 4.69) is 15.0 Å². The minimum absolute atomic E-state index is 0.0281. The molecule has 1 aliphatic rings. The molecule has 0 N–H and O–H groups in total. The maximum atomic E-state index is 12.6. The molecule has 0 spiro atoms. The van der Waals surface area contributed by atoms with Crippen molar-refractivity contribution in [2.75, 3.05) is 13.1 Å². The lowest BCUT2D eigenvalue weighted by molar-refractivity contribution is 0.205. The van der Waals surface area contributed by atoms with E-state index in [0.29, 0.717) is 18.8 Å². The van der Waals surface area contributed by atoms with Crippen molar-refractivity contribution in [1.82, 2.24) is 23.8 Å². The third-order valence-electron chi connectivity index (χ3n) is 3.85. The second-order valence-electron chi connectivity index (χ2n) is 5.45. The van der Waals surface area contributed by atoms with Gasteiger partial charge in [0.1, 0.15) is 18.0 Å². The first kappa shape index (κ1) is 16.4. The average Bonchev–Trinajstić information content (AvgIpc) is 3.16. The third-order valence-corrected chi connectivity index (χ3v) is 5.58. The summed E-state index contributed by atoms with van der Waals surface area (Å²) in [5, 5.41) is 9.03. The molecule has 10 heteroatoms. The first-order chi connectivity index (χ1) is 11.4. The molecular formula is C14H16N6O3S. The summed E-state index contributed by atoms with van der Waals surface area (Å²) in [5.41, 5.74) is 0.0826. The standard InChI is InChI=1S/C14H16N6O3S/c1-10-18-13(9-19(10)2)24(21,22)20-6-3-11(8-20)23-14-12(7-15)16-4-5-17-14/h4-5,9,11H,3,6,8H2,1-2H3/t11-/m0/s1. The molecule has 0 unspecified atom stereocenters. The highest BCUT2D eigenvalue weighted by molar-refractivity contribution is 7.89. The van der Waals surface area contributed by atoms with Crippen molar-refractivity contribution >= 4 is 10.0 Å². The van der Waals surface area contributed by atoms with Gasteiger partial charge < -0.3 is 9.30 Å². The van der Waals surface area contributed by atoms with Crippen LogP contribution in [0.1, 0.15) is 17.9 Å². The molecule has 3 rings (SSSR count). The van der Waals surface area contributed by atoms with Crippen LogP contribution in [-0.4, -0.2) is 51.4 Å². The number of hydrogen-bond acceptors (Lipinski definition) is 7. The SMILES string of the molecule is Cc1nc(S(=O)(=O)N2CC[C@H](Oc3nccnc3C#N)C2)cn1C. The topological polar surface area (TPSA) is 114 Å². The number of nitriles is 1. The van der Waals surface area contributed by atoms with Gasteiger partial charge in [-0.3, -0.25) is 0 Å². The van der Waals surface area contributed by atoms with Crippen molar-refractivity contribution in [2.45, 2.75) is 24.5 Å². The molecule has 0 bridgehead atoms. The Morgan fingerprint density at radius 2 is 2.12 bits per heavy atom. The van der Waals surface area contributed by atoms with E-state index in [1.807, 2.05) is 6.07 Å². The Morgan fingerprint density at radius 3 is 2.79 bits per heavy atom. The molecule has 1 aliphatic heterocycles. The normalized spacial score (nSPS) is 18.5. The lowest BCUT2D eigenvalue weighted by Crippen LogP contribution is -2.31. The molecule has 1 atom stereocenters. The maximum absolute atomic E-state index is 12.6. The molecule has 0 radical (unpaired) electrons. The van der Waals surface area contributed by atoms with Crippen LogP contribution in [0, 0.1) is 18.3 Å². The fourth-order valence-corrected chi connectivity index (χ4v) is 3.95. The van der Waals surface area contributed by atoms with Gasteiger partial charge in [0.2, 0.25) is 5.69 Å². The van der Waals surface area contributed by atoms with E-state index >= 15 is 0 Å². The van der Waals surface area contributed by atoms with Gasteiger partial charge in [-0.05, 0) is 13.3 Å². The van der Waals surface area contributed by atoms with Crippen molar-refractivity contribution in [3.05, 3.63) is 30.1 Å². The fraction of sp³-hybridized carbons (Fsp3) is 0.429. The molecule has 126 valence electrons. The van der Waals surface area contributed by atoms with Gasteiger partial charge in [0.25, 0.3) is 15.9 Å². The molecule has 1 saturated heterocycles.